The van der Waals surface area contributed by atoms with Crippen molar-refractivity contribution in [3.63, 3.8) is 0 Å². The lowest BCUT2D eigenvalue weighted by molar-refractivity contribution is -0.143. The lowest BCUT2D eigenvalue weighted by Crippen LogP contribution is -2.45. The van der Waals surface area contributed by atoms with E-state index < -0.39 is 12.1 Å². The third-order valence-corrected chi connectivity index (χ3v) is 16.1. The first-order valence-electron chi connectivity index (χ1n) is 34.9. The Labute approximate surface area is 486 Å². The minimum absolute atomic E-state index is 0.00806. The standard InChI is InChI=1S/C72H135NO5/c1-3-5-7-9-11-13-15-17-18-19-20-21-22-23-25-28-31-34-37-41-44-48-52-56-60-64-70(75)69(68-74)73-71(76)65-61-57-53-49-45-42-38-35-32-29-26-24-27-30-33-36-39-43-47-51-55-59-63-67-78-72(77)66-62-58-54-50-46-40-16-14-12-10-8-6-4-2/h8,10,14,16,24,27,29,32,69-70,74-75H,3-7,9,11-13,15,17-23,25-26,28,30-31,33-68H2,1-2H3,(H,73,76)/b10-8-,16-14-,27-24-,32-29-. The van der Waals surface area contributed by atoms with E-state index in [1.54, 1.807) is 0 Å². The van der Waals surface area contributed by atoms with Crippen molar-refractivity contribution in [1.82, 2.24) is 5.32 Å². The number of amides is 1. The van der Waals surface area contributed by atoms with Gasteiger partial charge in [-0.1, -0.05) is 326 Å². The average Bonchev–Trinajstić information content (AvgIpc) is 3.44. The number of esters is 1. The zero-order valence-corrected chi connectivity index (χ0v) is 52.4. The van der Waals surface area contributed by atoms with Crippen LogP contribution >= 0.6 is 0 Å². The highest BCUT2D eigenvalue weighted by molar-refractivity contribution is 5.76. The molecular weight excluding hydrogens is 959 g/mol. The number of rotatable bonds is 65. The maximum atomic E-state index is 12.6. The van der Waals surface area contributed by atoms with Gasteiger partial charge < -0.3 is 20.3 Å². The maximum Gasteiger partial charge on any atom is 0.305 e. The van der Waals surface area contributed by atoms with Crippen LogP contribution in [-0.4, -0.2) is 47.4 Å². The molecule has 0 radical (unpaired) electrons. The van der Waals surface area contributed by atoms with Crippen molar-refractivity contribution >= 4 is 11.9 Å². The Morgan fingerprint density at radius 2 is 0.667 bits per heavy atom. The Morgan fingerprint density at radius 1 is 0.359 bits per heavy atom. The Bertz CT molecular complexity index is 1310. The fourth-order valence-corrected chi connectivity index (χ4v) is 10.8. The van der Waals surface area contributed by atoms with Gasteiger partial charge in [0.25, 0.3) is 0 Å². The summed E-state index contributed by atoms with van der Waals surface area (Å²) in [5.41, 5.74) is 0. The average molecular weight is 1090 g/mol. The fraction of sp³-hybridized carbons (Fsp3) is 0.861. The predicted molar refractivity (Wildman–Crippen MR) is 342 cm³/mol. The smallest absolute Gasteiger partial charge is 0.305 e. The van der Waals surface area contributed by atoms with Crippen LogP contribution in [0.15, 0.2) is 48.6 Å². The molecule has 0 fully saturated rings. The van der Waals surface area contributed by atoms with E-state index in [-0.39, 0.29) is 18.5 Å². The second kappa shape index (κ2) is 67.3. The normalized spacial score (nSPS) is 12.8. The quantitative estimate of drug-likeness (QED) is 0.0320. The summed E-state index contributed by atoms with van der Waals surface area (Å²) in [5.74, 6) is -0.0500. The molecule has 3 N–H and O–H groups in total. The summed E-state index contributed by atoms with van der Waals surface area (Å²) in [6, 6.07) is -0.552. The third kappa shape index (κ3) is 63.0. The fourth-order valence-electron chi connectivity index (χ4n) is 10.8. The van der Waals surface area contributed by atoms with Gasteiger partial charge in [-0.2, -0.15) is 0 Å². The molecular formula is C72H135NO5. The van der Waals surface area contributed by atoms with Gasteiger partial charge in [-0.15, -0.1) is 0 Å². The molecule has 1 amide bonds. The number of aliphatic hydroxyl groups is 2. The molecule has 2 atom stereocenters. The predicted octanol–water partition coefficient (Wildman–Crippen LogP) is 22.5. The summed E-state index contributed by atoms with van der Waals surface area (Å²) < 4.78 is 5.47. The van der Waals surface area contributed by atoms with Gasteiger partial charge in [-0.05, 0) is 83.5 Å². The Hall–Kier alpha value is -2.18. The first-order valence-corrected chi connectivity index (χ1v) is 34.9. The van der Waals surface area contributed by atoms with Gasteiger partial charge in [-0.3, -0.25) is 9.59 Å². The summed E-state index contributed by atoms with van der Waals surface area (Å²) in [6.45, 7) is 4.90. The molecule has 6 nitrogen and oxygen atoms in total. The number of ether oxygens (including phenoxy) is 1. The summed E-state index contributed by atoms with van der Waals surface area (Å²) in [7, 11) is 0. The molecule has 2 unspecified atom stereocenters. The van der Waals surface area contributed by atoms with Crippen LogP contribution in [0.1, 0.15) is 373 Å². The van der Waals surface area contributed by atoms with E-state index in [2.05, 4.69) is 67.8 Å². The molecule has 0 saturated carbocycles. The van der Waals surface area contributed by atoms with Gasteiger partial charge in [0.05, 0.1) is 25.4 Å². The molecule has 0 aromatic heterocycles. The number of carbonyl (C=O) groups excluding carboxylic acids is 2. The second-order valence-corrected chi connectivity index (χ2v) is 23.9. The number of hydrogen-bond donors (Lipinski definition) is 3. The summed E-state index contributed by atoms with van der Waals surface area (Å²) >= 11 is 0. The van der Waals surface area contributed by atoms with Gasteiger partial charge in [0, 0.05) is 12.8 Å². The summed E-state index contributed by atoms with van der Waals surface area (Å²) in [6.07, 6.45) is 87.2. The molecule has 0 aromatic carbocycles. The zero-order chi connectivity index (χ0) is 56.4. The largest absolute Gasteiger partial charge is 0.466 e. The molecule has 0 saturated heterocycles. The van der Waals surface area contributed by atoms with Crippen molar-refractivity contribution in [1.29, 1.82) is 0 Å². The molecule has 0 heterocycles. The molecule has 0 aliphatic rings. The molecule has 0 aliphatic carbocycles. The highest BCUT2D eigenvalue weighted by Crippen LogP contribution is 2.18. The van der Waals surface area contributed by atoms with Crippen molar-refractivity contribution in [3.05, 3.63) is 48.6 Å². The summed E-state index contributed by atoms with van der Waals surface area (Å²) in [5, 5.41) is 23.4. The van der Waals surface area contributed by atoms with Crippen molar-refractivity contribution in [2.75, 3.05) is 13.2 Å². The SMILES string of the molecule is CCC/C=C\C/C=C\CCCCCCCC(=O)OCCCCCCCCCCC/C=C\C/C=C\CCCCCCCCCC(=O)NC(CO)C(O)CCCCCCCCCCCCCCCCCCCCCCCCCCC. The number of carbonyl (C=O) groups is 2. The lowest BCUT2D eigenvalue weighted by Gasteiger charge is -2.22. The molecule has 0 spiro atoms. The molecule has 0 bridgehead atoms. The van der Waals surface area contributed by atoms with E-state index in [1.165, 1.54) is 276 Å². The van der Waals surface area contributed by atoms with Crippen LogP contribution in [0.4, 0.5) is 0 Å². The Balaban J connectivity index is 3.45. The molecule has 0 aromatic rings. The minimum Gasteiger partial charge on any atom is -0.466 e. The Kier molecular flexibility index (Phi) is 65.4. The van der Waals surface area contributed by atoms with Crippen LogP contribution < -0.4 is 5.32 Å². The third-order valence-electron chi connectivity index (χ3n) is 16.1. The molecule has 78 heavy (non-hydrogen) atoms. The zero-order valence-electron chi connectivity index (χ0n) is 52.4. The van der Waals surface area contributed by atoms with Crippen molar-refractivity contribution in [3.8, 4) is 0 Å². The van der Waals surface area contributed by atoms with Gasteiger partial charge in [-0.25, -0.2) is 0 Å². The van der Waals surface area contributed by atoms with E-state index in [0.717, 1.165) is 64.2 Å². The number of nitrogens with one attached hydrogen (secondary N) is 1. The molecule has 458 valence electrons. The van der Waals surface area contributed by atoms with E-state index in [9.17, 15) is 19.8 Å². The van der Waals surface area contributed by atoms with Crippen molar-refractivity contribution < 1.29 is 24.5 Å². The molecule has 0 aliphatic heterocycles. The van der Waals surface area contributed by atoms with Gasteiger partial charge >= 0.3 is 5.97 Å². The minimum atomic E-state index is -0.674. The van der Waals surface area contributed by atoms with Crippen LogP contribution in [0, 0.1) is 0 Å². The van der Waals surface area contributed by atoms with Gasteiger partial charge in [0.15, 0.2) is 0 Å². The lowest BCUT2D eigenvalue weighted by atomic mass is 10.0. The van der Waals surface area contributed by atoms with Crippen LogP contribution in [0.5, 0.6) is 0 Å². The molecule has 6 heteroatoms. The van der Waals surface area contributed by atoms with Crippen molar-refractivity contribution in [2.45, 2.75) is 386 Å². The second-order valence-electron chi connectivity index (χ2n) is 23.9. The van der Waals surface area contributed by atoms with E-state index in [1.807, 2.05) is 0 Å². The monoisotopic (exact) mass is 1090 g/mol. The Morgan fingerprint density at radius 3 is 1.03 bits per heavy atom. The van der Waals surface area contributed by atoms with Crippen LogP contribution in [0.2, 0.25) is 0 Å². The van der Waals surface area contributed by atoms with Gasteiger partial charge in [0.2, 0.25) is 5.91 Å². The first kappa shape index (κ1) is 75.8. The van der Waals surface area contributed by atoms with Crippen molar-refractivity contribution in [2.24, 2.45) is 0 Å². The van der Waals surface area contributed by atoms with Crippen LogP contribution in [0.3, 0.4) is 0 Å². The van der Waals surface area contributed by atoms with Gasteiger partial charge in [0.1, 0.15) is 0 Å². The first-order chi connectivity index (χ1) is 38.5. The number of aliphatic hydroxyl groups excluding tert-OH is 2. The van der Waals surface area contributed by atoms with E-state index in [4.69, 9.17) is 4.74 Å². The van der Waals surface area contributed by atoms with E-state index >= 15 is 0 Å². The number of hydrogen-bond acceptors (Lipinski definition) is 5. The number of allylic oxidation sites excluding steroid dienone is 8. The highest BCUT2D eigenvalue weighted by atomic mass is 16.5. The number of unbranched alkanes of at least 4 members (excludes halogenated alkanes) is 46. The topological polar surface area (TPSA) is 95.9 Å². The van der Waals surface area contributed by atoms with Crippen LogP contribution in [-0.2, 0) is 14.3 Å². The molecule has 0 rings (SSSR count). The summed E-state index contributed by atoms with van der Waals surface area (Å²) in [4.78, 5) is 24.6. The van der Waals surface area contributed by atoms with Crippen LogP contribution in [0.25, 0.3) is 0 Å². The van der Waals surface area contributed by atoms with E-state index in [0.29, 0.717) is 25.9 Å². The highest BCUT2D eigenvalue weighted by Gasteiger charge is 2.20. The maximum absolute atomic E-state index is 12.6.